The highest BCUT2D eigenvalue weighted by atomic mass is 16.3. The summed E-state index contributed by atoms with van der Waals surface area (Å²) in [6.07, 6.45) is 10.5. The van der Waals surface area contributed by atoms with Crippen LogP contribution in [0.5, 0.6) is 0 Å². The third-order valence-corrected chi connectivity index (χ3v) is 3.09. The van der Waals surface area contributed by atoms with Crippen molar-refractivity contribution < 1.29 is 4.42 Å². The third-order valence-electron chi connectivity index (χ3n) is 3.09. The van der Waals surface area contributed by atoms with Crippen molar-refractivity contribution in [3.05, 3.63) is 35.8 Å². The zero-order valence-electron chi connectivity index (χ0n) is 9.33. The van der Waals surface area contributed by atoms with Gasteiger partial charge in [0.1, 0.15) is 5.76 Å². The van der Waals surface area contributed by atoms with Gasteiger partial charge in [-0.25, -0.2) is 0 Å². The molecule has 0 spiro atoms. The molecule has 15 heavy (non-hydrogen) atoms. The summed E-state index contributed by atoms with van der Waals surface area (Å²) in [5.41, 5.74) is 1.58. The molecule has 82 valence electrons. The monoisotopic (exact) mass is 205 g/mol. The quantitative estimate of drug-likeness (QED) is 0.762. The molecule has 2 heteroatoms. The molecule has 1 atom stereocenters. The molecule has 1 heterocycles. The molecule has 0 fully saturated rings. The summed E-state index contributed by atoms with van der Waals surface area (Å²) in [6.45, 7) is 0. The zero-order chi connectivity index (χ0) is 10.5. The highest BCUT2D eigenvalue weighted by Crippen LogP contribution is 2.27. The van der Waals surface area contributed by atoms with E-state index in [-0.39, 0.29) is 0 Å². The Hall–Kier alpha value is -1.02. The second-order valence-corrected chi connectivity index (χ2v) is 4.17. The van der Waals surface area contributed by atoms with E-state index < -0.39 is 0 Å². The molecule has 1 aliphatic rings. The van der Waals surface area contributed by atoms with E-state index in [0.29, 0.717) is 6.04 Å². The van der Waals surface area contributed by atoms with Crippen molar-refractivity contribution in [2.45, 2.75) is 38.1 Å². The van der Waals surface area contributed by atoms with Crippen LogP contribution in [-0.2, 0) is 0 Å². The van der Waals surface area contributed by atoms with Gasteiger partial charge in [-0.1, -0.05) is 11.6 Å². The van der Waals surface area contributed by atoms with E-state index in [9.17, 15) is 0 Å². The Kier molecular flexibility index (Phi) is 3.62. The van der Waals surface area contributed by atoms with Gasteiger partial charge in [0.25, 0.3) is 0 Å². The van der Waals surface area contributed by atoms with Crippen LogP contribution in [0.25, 0.3) is 0 Å². The summed E-state index contributed by atoms with van der Waals surface area (Å²) in [4.78, 5) is 0. The smallest absolute Gasteiger partial charge is 0.120 e. The summed E-state index contributed by atoms with van der Waals surface area (Å²) in [5, 5.41) is 3.32. The van der Waals surface area contributed by atoms with Gasteiger partial charge in [0.05, 0.1) is 12.3 Å². The molecule has 0 saturated carbocycles. The van der Waals surface area contributed by atoms with Gasteiger partial charge in [0, 0.05) is 0 Å². The normalized spacial score (nSPS) is 18.6. The number of hydrogen-bond donors (Lipinski definition) is 1. The maximum absolute atomic E-state index is 5.44. The molecule has 1 aromatic rings. The lowest BCUT2D eigenvalue weighted by atomic mass is 9.93. The summed E-state index contributed by atoms with van der Waals surface area (Å²) < 4.78 is 5.44. The molecule has 0 aromatic carbocycles. The first-order valence-electron chi connectivity index (χ1n) is 5.78. The number of nitrogens with one attached hydrogen (secondary N) is 1. The standard InChI is InChI=1S/C13H19NO/c1-14-12(13-8-5-9-15-13)10-11-6-3-2-4-7-11/h5-6,8-9,12,14H,2-4,7,10H2,1H3. The summed E-state index contributed by atoms with van der Waals surface area (Å²) in [7, 11) is 2.00. The fourth-order valence-electron chi connectivity index (χ4n) is 2.19. The van der Waals surface area contributed by atoms with E-state index in [0.717, 1.165) is 12.2 Å². The Morgan fingerprint density at radius 1 is 1.47 bits per heavy atom. The Bertz CT molecular complexity index is 313. The molecule has 1 aliphatic carbocycles. The summed E-state index contributed by atoms with van der Waals surface area (Å²) in [6, 6.07) is 4.34. The average molecular weight is 205 g/mol. The predicted octanol–water partition coefficient (Wildman–Crippen LogP) is 3.43. The molecule has 1 N–H and O–H groups in total. The number of rotatable bonds is 4. The molecular formula is C13H19NO. The van der Waals surface area contributed by atoms with Gasteiger partial charge >= 0.3 is 0 Å². The van der Waals surface area contributed by atoms with E-state index in [4.69, 9.17) is 4.42 Å². The molecule has 2 nitrogen and oxygen atoms in total. The van der Waals surface area contributed by atoms with Gasteiger partial charge in [-0.15, -0.1) is 0 Å². The van der Waals surface area contributed by atoms with E-state index in [1.807, 2.05) is 19.2 Å². The second-order valence-electron chi connectivity index (χ2n) is 4.17. The zero-order valence-corrected chi connectivity index (χ0v) is 9.33. The fourth-order valence-corrected chi connectivity index (χ4v) is 2.19. The van der Waals surface area contributed by atoms with E-state index in [2.05, 4.69) is 11.4 Å². The summed E-state index contributed by atoms with van der Waals surface area (Å²) in [5.74, 6) is 1.05. The molecule has 1 unspecified atom stereocenters. The Balaban J connectivity index is 1.99. The van der Waals surface area contributed by atoms with Crippen molar-refractivity contribution in [2.75, 3.05) is 7.05 Å². The Labute approximate surface area is 91.4 Å². The van der Waals surface area contributed by atoms with Gasteiger partial charge in [0.15, 0.2) is 0 Å². The highest BCUT2D eigenvalue weighted by Gasteiger charge is 2.15. The van der Waals surface area contributed by atoms with Crippen LogP contribution in [0.15, 0.2) is 34.5 Å². The Morgan fingerprint density at radius 3 is 3.00 bits per heavy atom. The topological polar surface area (TPSA) is 25.2 Å². The lowest BCUT2D eigenvalue weighted by molar-refractivity contribution is 0.424. The first kappa shape index (κ1) is 10.5. The minimum Gasteiger partial charge on any atom is -0.468 e. The van der Waals surface area contributed by atoms with Crippen molar-refractivity contribution >= 4 is 0 Å². The first-order chi connectivity index (χ1) is 7.40. The molecule has 0 radical (unpaired) electrons. The van der Waals surface area contributed by atoms with Crippen LogP contribution in [-0.4, -0.2) is 7.05 Å². The van der Waals surface area contributed by atoms with E-state index in [1.54, 1.807) is 11.8 Å². The molecule has 2 rings (SSSR count). The van der Waals surface area contributed by atoms with Crippen LogP contribution in [0, 0.1) is 0 Å². The van der Waals surface area contributed by atoms with Crippen LogP contribution in [0.2, 0.25) is 0 Å². The fraction of sp³-hybridized carbons (Fsp3) is 0.538. The maximum atomic E-state index is 5.44. The highest BCUT2D eigenvalue weighted by molar-refractivity contribution is 5.12. The predicted molar refractivity (Wildman–Crippen MR) is 61.7 cm³/mol. The van der Waals surface area contributed by atoms with Crippen molar-refractivity contribution in [3.8, 4) is 0 Å². The van der Waals surface area contributed by atoms with Crippen molar-refractivity contribution in [2.24, 2.45) is 0 Å². The molecule has 0 amide bonds. The van der Waals surface area contributed by atoms with Crippen molar-refractivity contribution in [3.63, 3.8) is 0 Å². The number of hydrogen-bond acceptors (Lipinski definition) is 2. The van der Waals surface area contributed by atoms with Crippen molar-refractivity contribution in [1.82, 2.24) is 5.32 Å². The van der Waals surface area contributed by atoms with Crippen LogP contribution in [0.3, 0.4) is 0 Å². The van der Waals surface area contributed by atoms with Gasteiger partial charge in [-0.2, -0.15) is 0 Å². The third kappa shape index (κ3) is 2.72. The van der Waals surface area contributed by atoms with Crippen LogP contribution in [0.1, 0.15) is 43.9 Å². The van der Waals surface area contributed by atoms with Crippen LogP contribution >= 0.6 is 0 Å². The second kappa shape index (κ2) is 5.17. The summed E-state index contributed by atoms with van der Waals surface area (Å²) >= 11 is 0. The maximum Gasteiger partial charge on any atom is 0.120 e. The van der Waals surface area contributed by atoms with Gasteiger partial charge in [-0.05, 0) is 51.3 Å². The lowest BCUT2D eigenvalue weighted by Crippen LogP contribution is -2.16. The average Bonchev–Trinajstić information content (AvgIpc) is 2.81. The van der Waals surface area contributed by atoms with Crippen LogP contribution < -0.4 is 5.32 Å². The van der Waals surface area contributed by atoms with Gasteiger partial charge < -0.3 is 9.73 Å². The molecule has 0 saturated heterocycles. The van der Waals surface area contributed by atoms with Crippen LogP contribution in [0.4, 0.5) is 0 Å². The minimum absolute atomic E-state index is 0.337. The number of furan rings is 1. The first-order valence-corrected chi connectivity index (χ1v) is 5.78. The Morgan fingerprint density at radius 2 is 2.40 bits per heavy atom. The molecule has 0 aliphatic heterocycles. The molecular weight excluding hydrogens is 186 g/mol. The lowest BCUT2D eigenvalue weighted by Gasteiger charge is -2.18. The van der Waals surface area contributed by atoms with E-state index >= 15 is 0 Å². The molecule has 0 bridgehead atoms. The van der Waals surface area contributed by atoms with Gasteiger partial charge in [0.2, 0.25) is 0 Å². The minimum atomic E-state index is 0.337. The largest absolute Gasteiger partial charge is 0.468 e. The van der Waals surface area contributed by atoms with Gasteiger partial charge in [-0.3, -0.25) is 0 Å². The molecule has 1 aromatic heterocycles. The SMILES string of the molecule is CNC(CC1=CCCCC1)c1ccco1. The van der Waals surface area contributed by atoms with Crippen molar-refractivity contribution in [1.29, 1.82) is 0 Å². The van der Waals surface area contributed by atoms with E-state index in [1.165, 1.54) is 25.7 Å². The number of allylic oxidation sites excluding steroid dienone is 1.